The molecule has 7 heteroatoms. The Kier molecular flexibility index (Phi) is 6.64. The zero-order chi connectivity index (χ0) is 19.5. The van der Waals surface area contributed by atoms with Crippen molar-refractivity contribution in [2.24, 2.45) is 16.3 Å². The Balaban J connectivity index is 1.88. The Morgan fingerprint density at radius 1 is 1.27 bits per heavy atom. The standard InChI is InChI=1S/C19H36N6S/c1-14(2)12-24-15(22-23-17(24)26-8)10-9-11-21-16(20-7)25-13-18(3,4)19(25,5)6/h14H,9-13H2,1-8H3,(H,20,21). The number of rotatable bonds is 7. The molecule has 1 aliphatic rings. The third-order valence-corrected chi connectivity index (χ3v) is 6.40. The summed E-state index contributed by atoms with van der Waals surface area (Å²) in [4.78, 5) is 6.86. The molecule has 26 heavy (non-hydrogen) atoms. The predicted molar refractivity (Wildman–Crippen MR) is 111 cm³/mol. The fourth-order valence-electron chi connectivity index (χ4n) is 3.35. The number of aliphatic imine (C=N–C) groups is 1. The molecule has 0 amide bonds. The van der Waals surface area contributed by atoms with E-state index >= 15 is 0 Å². The van der Waals surface area contributed by atoms with Crippen molar-refractivity contribution < 1.29 is 0 Å². The normalized spacial score (nSPS) is 19.0. The highest BCUT2D eigenvalue weighted by Gasteiger charge is 2.53. The molecule has 1 fully saturated rings. The molecule has 2 rings (SSSR count). The van der Waals surface area contributed by atoms with Crippen molar-refractivity contribution in [2.45, 2.75) is 71.6 Å². The maximum absolute atomic E-state index is 4.49. The van der Waals surface area contributed by atoms with Crippen LogP contribution in [0.2, 0.25) is 0 Å². The summed E-state index contributed by atoms with van der Waals surface area (Å²) in [6, 6.07) is 0. The van der Waals surface area contributed by atoms with Crippen molar-refractivity contribution in [3.05, 3.63) is 5.82 Å². The fourth-order valence-corrected chi connectivity index (χ4v) is 3.87. The highest BCUT2D eigenvalue weighted by atomic mass is 32.2. The molecule has 0 bridgehead atoms. The van der Waals surface area contributed by atoms with Crippen LogP contribution in [-0.2, 0) is 13.0 Å². The average molecular weight is 381 g/mol. The molecule has 0 aromatic carbocycles. The number of thioether (sulfide) groups is 1. The Hall–Kier alpha value is -1.24. The van der Waals surface area contributed by atoms with Crippen LogP contribution in [0.15, 0.2) is 10.1 Å². The summed E-state index contributed by atoms with van der Waals surface area (Å²) in [6.45, 7) is 16.6. The van der Waals surface area contributed by atoms with E-state index in [0.717, 1.165) is 49.4 Å². The number of guanidine groups is 1. The first-order chi connectivity index (χ1) is 12.1. The monoisotopic (exact) mass is 380 g/mol. The molecule has 1 aliphatic heterocycles. The molecule has 0 radical (unpaired) electrons. The summed E-state index contributed by atoms with van der Waals surface area (Å²) >= 11 is 1.67. The van der Waals surface area contributed by atoms with E-state index in [1.54, 1.807) is 11.8 Å². The maximum atomic E-state index is 4.49. The highest BCUT2D eigenvalue weighted by molar-refractivity contribution is 7.98. The lowest BCUT2D eigenvalue weighted by molar-refractivity contribution is -0.0667. The van der Waals surface area contributed by atoms with Crippen molar-refractivity contribution in [3.63, 3.8) is 0 Å². The Labute approximate surface area is 163 Å². The van der Waals surface area contributed by atoms with Gasteiger partial charge in [0, 0.05) is 44.1 Å². The van der Waals surface area contributed by atoms with E-state index in [0.29, 0.717) is 11.3 Å². The van der Waals surface area contributed by atoms with Gasteiger partial charge in [0.2, 0.25) is 0 Å². The van der Waals surface area contributed by atoms with Gasteiger partial charge in [0.15, 0.2) is 11.1 Å². The lowest BCUT2D eigenvalue weighted by Gasteiger charge is -2.62. The van der Waals surface area contributed by atoms with Crippen LogP contribution in [0.1, 0.15) is 53.8 Å². The highest BCUT2D eigenvalue weighted by Crippen LogP contribution is 2.46. The van der Waals surface area contributed by atoms with Gasteiger partial charge in [0.1, 0.15) is 5.82 Å². The van der Waals surface area contributed by atoms with Crippen LogP contribution in [0, 0.1) is 11.3 Å². The zero-order valence-corrected chi connectivity index (χ0v) is 18.6. The van der Waals surface area contributed by atoms with Crippen molar-refractivity contribution in [1.29, 1.82) is 0 Å². The van der Waals surface area contributed by atoms with Gasteiger partial charge in [0.25, 0.3) is 0 Å². The molecule has 148 valence electrons. The number of hydrogen-bond acceptors (Lipinski definition) is 4. The number of nitrogens with one attached hydrogen (secondary N) is 1. The van der Waals surface area contributed by atoms with Gasteiger partial charge in [-0.1, -0.05) is 39.5 Å². The largest absolute Gasteiger partial charge is 0.356 e. The average Bonchev–Trinajstić information content (AvgIpc) is 2.94. The minimum Gasteiger partial charge on any atom is -0.356 e. The summed E-state index contributed by atoms with van der Waals surface area (Å²) in [5, 5.41) is 13.3. The second kappa shape index (κ2) is 8.19. The third kappa shape index (κ3) is 4.18. The number of aromatic nitrogens is 3. The van der Waals surface area contributed by atoms with E-state index < -0.39 is 0 Å². The molecule has 2 heterocycles. The van der Waals surface area contributed by atoms with E-state index in [9.17, 15) is 0 Å². The first kappa shape index (κ1) is 21.1. The Morgan fingerprint density at radius 2 is 1.96 bits per heavy atom. The van der Waals surface area contributed by atoms with Crippen LogP contribution < -0.4 is 5.32 Å². The van der Waals surface area contributed by atoms with Gasteiger partial charge < -0.3 is 14.8 Å². The van der Waals surface area contributed by atoms with Crippen molar-refractivity contribution in [3.8, 4) is 0 Å². The van der Waals surface area contributed by atoms with Crippen LogP contribution >= 0.6 is 11.8 Å². The van der Waals surface area contributed by atoms with E-state index in [-0.39, 0.29) is 5.54 Å². The molecule has 0 saturated carbocycles. The SMILES string of the molecule is CN=C(NCCCc1nnc(SC)n1CC(C)C)N1CC(C)(C)C1(C)C. The topological polar surface area (TPSA) is 58.3 Å². The summed E-state index contributed by atoms with van der Waals surface area (Å²) in [5.41, 5.74) is 0.436. The Morgan fingerprint density at radius 3 is 2.46 bits per heavy atom. The van der Waals surface area contributed by atoms with E-state index in [4.69, 9.17) is 0 Å². The smallest absolute Gasteiger partial charge is 0.194 e. The Bertz CT molecular complexity index is 632. The summed E-state index contributed by atoms with van der Waals surface area (Å²) in [7, 11) is 1.87. The summed E-state index contributed by atoms with van der Waals surface area (Å²) in [6.07, 6.45) is 4.01. The van der Waals surface area contributed by atoms with Gasteiger partial charge in [-0.15, -0.1) is 10.2 Å². The second-order valence-electron chi connectivity index (χ2n) is 8.71. The van der Waals surface area contributed by atoms with Gasteiger partial charge >= 0.3 is 0 Å². The summed E-state index contributed by atoms with van der Waals surface area (Å²) < 4.78 is 2.27. The first-order valence-electron chi connectivity index (χ1n) is 9.58. The minimum absolute atomic E-state index is 0.125. The van der Waals surface area contributed by atoms with Gasteiger partial charge in [0.05, 0.1) is 0 Å². The minimum atomic E-state index is 0.125. The predicted octanol–water partition coefficient (Wildman–Crippen LogP) is 3.28. The van der Waals surface area contributed by atoms with Gasteiger partial charge in [-0.05, 0) is 32.4 Å². The number of nitrogens with zero attached hydrogens (tertiary/aromatic N) is 5. The molecular formula is C19H36N6S. The van der Waals surface area contributed by atoms with Crippen LogP contribution in [0.4, 0.5) is 0 Å². The molecule has 0 unspecified atom stereocenters. The second-order valence-corrected chi connectivity index (χ2v) is 9.49. The van der Waals surface area contributed by atoms with E-state index in [1.165, 1.54) is 0 Å². The first-order valence-corrected chi connectivity index (χ1v) is 10.8. The fraction of sp³-hybridized carbons (Fsp3) is 0.842. The van der Waals surface area contributed by atoms with E-state index in [2.05, 4.69) is 77.8 Å². The molecule has 1 aromatic heterocycles. The van der Waals surface area contributed by atoms with Gasteiger partial charge in [-0.2, -0.15) is 0 Å². The molecule has 1 aromatic rings. The third-order valence-electron chi connectivity index (χ3n) is 5.74. The van der Waals surface area contributed by atoms with Crippen LogP contribution in [0.25, 0.3) is 0 Å². The van der Waals surface area contributed by atoms with Crippen LogP contribution in [-0.4, -0.2) is 57.6 Å². The van der Waals surface area contributed by atoms with Crippen molar-refractivity contribution in [1.82, 2.24) is 25.0 Å². The van der Waals surface area contributed by atoms with Crippen LogP contribution in [0.5, 0.6) is 0 Å². The van der Waals surface area contributed by atoms with Gasteiger partial charge in [-0.3, -0.25) is 4.99 Å². The quantitative estimate of drug-likeness (QED) is 0.340. The summed E-state index contributed by atoms with van der Waals surface area (Å²) in [5.74, 6) is 2.68. The number of likely N-dealkylation sites (tertiary alicyclic amines) is 1. The lowest BCUT2D eigenvalue weighted by atomic mass is 9.65. The molecule has 6 nitrogen and oxygen atoms in total. The molecule has 0 spiro atoms. The van der Waals surface area contributed by atoms with Gasteiger partial charge in [-0.25, -0.2) is 0 Å². The molecule has 1 N–H and O–H groups in total. The molecule has 1 saturated heterocycles. The zero-order valence-electron chi connectivity index (χ0n) is 17.8. The number of hydrogen-bond donors (Lipinski definition) is 1. The lowest BCUT2D eigenvalue weighted by Crippen LogP contribution is -2.72. The molecule has 0 atom stereocenters. The maximum Gasteiger partial charge on any atom is 0.194 e. The van der Waals surface area contributed by atoms with Crippen LogP contribution in [0.3, 0.4) is 0 Å². The number of aryl methyl sites for hydroxylation is 1. The molecular weight excluding hydrogens is 344 g/mol. The van der Waals surface area contributed by atoms with Crippen molar-refractivity contribution >= 4 is 17.7 Å². The molecule has 0 aliphatic carbocycles. The van der Waals surface area contributed by atoms with E-state index in [1.807, 2.05) is 7.05 Å². The van der Waals surface area contributed by atoms with Crippen molar-refractivity contribution in [2.75, 3.05) is 26.4 Å².